The molecule has 0 radical (unpaired) electrons. The number of hydrogen-bond donors (Lipinski definition) is 1. The van der Waals surface area contributed by atoms with E-state index in [0.717, 1.165) is 22.9 Å². The maximum Gasteiger partial charge on any atom is 0.255 e. The second kappa shape index (κ2) is 6.80. The standard InChI is InChI=1S/C16H21F2N3/c1-3-13(19)9-12-8-11-6-4-5-7-14(11)20-16(12)21(2)10-15(17)18/h4-8,13,15H,3,9-10,19H2,1-2H3. The molecule has 0 amide bonds. The van der Waals surface area contributed by atoms with Gasteiger partial charge in [-0.1, -0.05) is 25.1 Å². The number of alkyl halides is 2. The lowest BCUT2D eigenvalue weighted by Crippen LogP contribution is -2.28. The lowest BCUT2D eigenvalue weighted by molar-refractivity contribution is 0.156. The van der Waals surface area contributed by atoms with Crippen molar-refractivity contribution in [3.05, 3.63) is 35.9 Å². The van der Waals surface area contributed by atoms with Crippen molar-refractivity contribution in [3.63, 3.8) is 0 Å². The summed E-state index contributed by atoms with van der Waals surface area (Å²) in [5.41, 5.74) is 7.76. The summed E-state index contributed by atoms with van der Waals surface area (Å²) in [4.78, 5) is 6.06. The third-order valence-corrected chi connectivity index (χ3v) is 3.56. The second-order valence-electron chi connectivity index (χ2n) is 5.31. The number of nitrogens with two attached hydrogens (primary N) is 1. The van der Waals surface area contributed by atoms with Crippen molar-refractivity contribution < 1.29 is 8.78 Å². The maximum atomic E-state index is 12.7. The highest BCUT2D eigenvalue weighted by Gasteiger charge is 2.16. The topological polar surface area (TPSA) is 42.1 Å². The predicted molar refractivity (Wildman–Crippen MR) is 83.0 cm³/mol. The number of anilines is 1. The summed E-state index contributed by atoms with van der Waals surface area (Å²) < 4.78 is 25.3. The van der Waals surface area contributed by atoms with E-state index >= 15 is 0 Å². The highest BCUT2D eigenvalue weighted by atomic mass is 19.3. The number of aromatic nitrogens is 1. The van der Waals surface area contributed by atoms with Gasteiger partial charge in [-0.3, -0.25) is 0 Å². The fraction of sp³-hybridized carbons (Fsp3) is 0.438. The number of nitrogens with zero attached hydrogens (tertiary/aromatic N) is 2. The van der Waals surface area contributed by atoms with Crippen LogP contribution in [0.1, 0.15) is 18.9 Å². The molecule has 0 aliphatic carbocycles. The molecule has 2 N–H and O–H groups in total. The third kappa shape index (κ3) is 3.88. The molecular formula is C16H21F2N3. The first kappa shape index (κ1) is 15.6. The van der Waals surface area contributed by atoms with Crippen molar-refractivity contribution in [3.8, 4) is 0 Å². The summed E-state index contributed by atoms with van der Waals surface area (Å²) in [6, 6.07) is 9.71. The van der Waals surface area contributed by atoms with E-state index in [-0.39, 0.29) is 12.6 Å². The van der Waals surface area contributed by atoms with Crippen LogP contribution in [0.2, 0.25) is 0 Å². The average molecular weight is 293 g/mol. The Bertz CT molecular complexity index is 601. The van der Waals surface area contributed by atoms with Crippen molar-refractivity contribution in [2.75, 3.05) is 18.5 Å². The van der Waals surface area contributed by atoms with E-state index < -0.39 is 6.43 Å². The summed E-state index contributed by atoms with van der Waals surface area (Å²) in [6.07, 6.45) is -0.918. The molecule has 0 spiro atoms. The number of benzene rings is 1. The first-order chi connectivity index (χ1) is 10.0. The molecule has 5 heteroatoms. The van der Waals surface area contributed by atoms with E-state index in [1.165, 1.54) is 4.90 Å². The van der Waals surface area contributed by atoms with Crippen molar-refractivity contribution >= 4 is 16.7 Å². The van der Waals surface area contributed by atoms with E-state index in [1.807, 2.05) is 37.3 Å². The Labute approximate surface area is 123 Å². The lowest BCUT2D eigenvalue weighted by atomic mass is 10.0. The molecule has 1 unspecified atom stereocenters. The zero-order valence-corrected chi connectivity index (χ0v) is 12.4. The monoisotopic (exact) mass is 293 g/mol. The van der Waals surface area contributed by atoms with Gasteiger partial charge >= 0.3 is 0 Å². The summed E-state index contributed by atoms with van der Waals surface area (Å²) in [7, 11) is 1.64. The van der Waals surface area contributed by atoms with Crippen LogP contribution < -0.4 is 10.6 Å². The molecule has 2 rings (SSSR count). The normalized spacial score (nSPS) is 12.9. The molecule has 2 aromatic rings. The molecule has 3 nitrogen and oxygen atoms in total. The van der Waals surface area contributed by atoms with Gasteiger partial charge in [0.1, 0.15) is 5.82 Å². The van der Waals surface area contributed by atoms with Crippen LogP contribution in [0.15, 0.2) is 30.3 Å². The first-order valence-corrected chi connectivity index (χ1v) is 7.14. The van der Waals surface area contributed by atoms with Gasteiger partial charge in [-0.15, -0.1) is 0 Å². The molecule has 0 saturated heterocycles. The minimum absolute atomic E-state index is 0.00617. The van der Waals surface area contributed by atoms with E-state index in [4.69, 9.17) is 5.73 Å². The molecule has 0 bridgehead atoms. The zero-order valence-electron chi connectivity index (χ0n) is 12.4. The van der Waals surface area contributed by atoms with Gasteiger partial charge < -0.3 is 10.6 Å². The summed E-state index contributed by atoms with van der Waals surface area (Å²) in [6.45, 7) is 1.68. The molecule has 0 fully saturated rings. The number of para-hydroxylation sites is 1. The Morgan fingerprint density at radius 2 is 2.00 bits per heavy atom. The van der Waals surface area contributed by atoms with Crippen LogP contribution in [-0.4, -0.2) is 31.0 Å². The second-order valence-corrected chi connectivity index (χ2v) is 5.31. The van der Waals surface area contributed by atoms with Gasteiger partial charge in [0.15, 0.2) is 0 Å². The molecule has 1 aromatic heterocycles. The van der Waals surface area contributed by atoms with Gasteiger partial charge in [-0.2, -0.15) is 0 Å². The van der Waals surface area contributed by atoms with Gasteiger partial charge in [0.25, 0.3) is 6.43 Å². The molecule has 1 atom stereocenters. The highest BCUT2D eigenvalue weighted by molar-refractivity contribution is 5.81. The quantitative estimate of drug-likeness (QED) is 0.889. The van der Waals surface area contributed by atoms with Crippen molar-refractivity contribution in [2.24, 2.45) is 5.73 Å². The fourth-order valence-corrected chi connectivity index (χ4v) is 2.35. The third-order valence-electron chi connectivity index (χ3n) is 3.56. The van der Waals surface area contributed by atoms with Gasteiger partial charge in [0, 0.05) is 18.5 Å². The predicted octanol–water partition coefficient (Wildman–Crippen LogP) is 3.22. The SMILES string of the molecule is CCC(N)Cc1cc2ccccc2nc1N(C)CC(F)F. The average Bonchev–Trinajstić information content (AvgIpc) is 2.45. The Balaban J connectivity index is 2.45. The van der Waals surface area contributed by atoms with E-state index in [9.17, 15) is 8.78 Å². The first-order valence-electron chi connectivity index (χ1n) is 7.14. The fourth-order valence-electron chi connectivity index (χ4n) is 2.35. The lowest BCUT2D eigenvalue weighted by Gasteiger charge is -2.22. The van der Waals surface area contributed by atoms with Gasteiger partial charge in [0.2, 0.25) is 0 Å². The van der Waals surface area contributed by atoms with E-state index in [2.05, 4.69) is 4.98 Å². The number of halogens is 2. The molecule has 1 aromatic carbocycles. The molecular weight excluding hydrogens is 272 g/mol. The van der Waals surface area contributed by atoms with Crippen molar-refractivity contribution in [1.29, 1.82) is 0 Å². The summed E-state index contributed by atoms with van der Waals surface area (Å²) in [5.74, 6) is 0.595. The summed E-state index contributed by atoms with van der Waals surface area (Å²) >= 11 is 0. The smallest absolute Gasteiger partial charge is 0.255 e. The maximum absolute atomic E-state index is 12.7. The van der Waals surface area contributed by atoms with Crippen LogP contribution in [0, 0.1) is 0 Å². The zero-order chi connectivity index (χ0) is 15.4. The molecule has 1 heterocycles. The minimum atomic E-state index is -2.39. The van der Waals surface area contributed by atoms with E-state index in [1.54, 1.807) is 7.05 Å². The number of pyridine rings is 1. The summed E-state index contributed by atoms with van der Waals surface area (Å²) in [5, 5.41) is 1.00. The molecule has 0 aliphatic heterocycles. The number of fused-ring (bicyclic) bond motifs is 1. The van der Waals surface area contributed by atoms with Crippen molar-refractivity contribution in [1.82, 2.24) is 4.98 Å². The van der Waals surface area contributed by atoms with Crippen LogP contribution >= 0.6 is 0 Å². The number of rotatable bonds is 6. The largest absolute Gasteiger partial charge is 0.354 e. The minimum Gasteiger partial charge on any atom is -0.354 e. The van der Waals surface area contributed by atoms with Crippen LogP contribution in [0.3, 0.4) is 0 Å². The van der Waals surface area contributed by atoms with E-state index in [0.29, 0.717) is 12.2 Å². The molecule has 0 saturated carbocycles. The van der Waals surface area contributed by atoms with Crippen LogP contribution in [-0.2, 0) is 6.42 Å². The Morgan fingerprint density at radius 3 is 2.67 bits per heavy atom. The molecule has 21 heavy (non-hydrogen) atoms. The van der Waals surface area contributed by atoms with Gasteiger partial charge in [0.05, 0.1) is 12.1 Å². The molecule has 114 valence electrons. The Kier molecular flexibility index (Phi) is 5.07. The van der Waals surface area contributed by atoms with Crippen LogP contribution in [0.4, 0.5) is 14.6 Å². The van der Waals surface area contributed by atoms with Crippen LogP contribution in [0.25, 0.3) is 10.9 Å². The number of hydrogen-bond acceptors (Lipinski definition) is 3. The Morgan fingerprint density at radius 1 is 1.29 bits per heavy atom. The van der Waals surface area contributed by atoms with Crippen molar-refractivity contribution in [2.45, 2.75) is 32.2 Å². The Hall–Kier alpha value is -1.75. The molecule has 0 aliphatic rings. The highest BCUT2D eigenvalue weighted by Crippen LogP contribution is 2.24. The van der Waals surface area contributed by atoms with Gasteiger partial charge in [-0.05, 0) is 30.5 Å². The van der Waals surface area contributed by atoms with Crippen LogP contribution in [0.5, 0.6) is 0 Å². The van der Waals surface area contributed by atoms with Gasteiger partial charge in [-0.25, -0.2) is 13.8 Å².